The Hall–Kier alpha value is -3.20. The number of carboxylic acid groups (broad SMARTS) is 2. The van der Waals surface area contributed by atoms with Crippen LogP contribution in [0.15, 0.2) is 4.99 Å². The molecule has 0 aliphatic heterocycles. The van der Waals surface area contributed by atoms with Crippen LogP contribution in [0.5, 0.6) is 0 Å². The molecule has 0 rings (SSSR count). The van der Waals surface area contributed by atoms with Crippen LogP contribution in [0.1, 0.15) is 58.3 Å². The molecule has 2 atom stereocenters. The Morgan fingerprint density at radius 2 is 1.69 bits per heavy atom. The number of unbranched alkanes of at least 4 members (excludes halogenated alkanes) is 2. The van der Waals surface area contributed by atoms with E-state index in [1.807, 2.05) is 0 Å². The van der Waals surface area contributed by atoms with Gasteiger partial charge in [-0.05, 0) is 26.2 Å². The van der Waals surface area contributed by atoms with Crippen molar-refractivity contribution in [1.29, 1.82) is 0 Å². The van der Waals surface area contributed by atoms with Gasteiger partial charge in [0.15, 0.2) is 16.9 Å². The molecule has 15 heteroatoms. The standard InChI is InChI=1S/C21H35N5O9S/c1-2-35-21(34)26-20(23)24-11-5-3-4-6-18(31)36-12-14(15(27)8-10-17(29)30)25-16(28)9-7-13(22)19(32)33/h13-14H,2-12,22H2,1H3,(H,25,28)(H,29,30)(H,32,33)(H3,23,24,26,34)/t13-,14-/m1/s1. The van der Waals surface area contributed by atoms with Crippen molar-refractivity contribution in [2.75, 3.05) is 18.9 Å². The minimum atomic E-state index is -1.26. The van der Waals surface area contributed by atoms with Gasteiger partial charge in [0.2, 0.25) is 5.91 Å². The highest BCUT2D eigenvalue weighted by atomic mass is 32.2. The SMILES string of the molecule is CCOC(=O)NC(N)=NCCCCCC(=O)SC[C@@H](NC(=O)CC[C@@H](N)C(=O)O)C(=O)CCC(=O)O. The number of hydrogen-bond donors (Lipinski definition) is 6. The number of nitrogens with two attached hydrogens (primary N) is 2. The van der Waals surface area contributed by atoms with E-state index in [4.69, 9.17) is 21.7 Å². The zero-order valence-corrected chi connectivity index (χ0v) is 21.0. The molecular weight excluding hydrogens is 498 g/mol. The summed E-state index contributed by atoms with van der Waals surface area (Å²) in [6.07, 6.45) is 0.217. The highest BCUT2D eigenvalue weighted by Gasteiger charge is 2.23. The van der Waals surface area contributed by atoms with Crippen LogP contribution in [0.2, 0.25) is 0 Å². The number of amides is 2. The maximum Gasteiger partial charge on any atom is 0.413 e. The lowest BCUT2D eigenvalue weighted by Gasteiger charge is -2.17. The van der Waals surface area contributed by atoms with E-state index < -0.39 is 48.2 Å². The van der Waals surface area contributed by atoms with Crippen LogP contribution in [0.4, 0.5) is 4.79 Å². The summed E-state index contributed by atoms with van der Waals surface area (Å²) in [6.45, 7) is 2.20. The van der Waals surface area contributed by atoms with E-state index in [1.165, 1.54) is 0 Å². The number of carboxylic acids is 2. The lowest BCUT2D eigenvalue weighted by atomic mass is 10.1. The maximum absolute atomic E-state index is 12.4. The molecule has 0 aromatic heterocycles. The molecule has 204 valence electrons. The quantitative estimate of drug-likeness (QED) is 0.0773. The summed E-state index contributed by atoms with van der Waals surface area (Å²) in [7, 11) is 0. The average molecular weight is 534 g/mol. The summed E-state index contributed by atoms with van der Waals surface area (Å²) in [5.41, 5.74) is 10.9. The van der Waals surface area contributed by atoms with Crippen LogP contribution in [0.25, 0.3) is 0 Å². The number of aliphatic carboxylic acids is 2. The number of nitrogens with zero attached hydrogens (tertiary/aromatic N) is 1. The molecule has 0 unspecified atom stereocenters. The Labute approximate surface area is 213 Å². The minimum Gasteiger partial charge on any atom is -0.481 e. The maximum atomic E-state index is 12.4. The number of thioether (sulfide) groups is 1. The van der Waals surface area contributed by atoms with Gasteiger partial charge in [0, 0.05) is 31.6 Å². The number of alkyl carbamates (subject to hydrolysis) is 1. The molecule has 0 saturated heterocycles. The first-order chi connectivity index (χ1) is 17.0. The molecular formula is C21H35N5O9S. The van der Waals surface area contributed by atoms with Crippen LogP contribution < -0.4 is 22.1 Å². The van der Waals surface area contributed by atoms with Crippen molar-refractivity contribution in [3.63, 3.8) is 0 Å². The molecule has 0 saturated carbocycles. The molecule has 36 heavy (non-hydrogen) atoms. The minimum absolute atomic E-state index is 0.0642. The molecule has 0 radical (unpaired) electrons. The van der Waals surface area contributed by atoms with Gasteiger partial charge in [-0.1, -0.05) is 18.2 Å². The van der Waals surface area contributed by atoms with Crippen molar-refractivity contribution in [2.24, 2.45) is 16.5 Å². The van der Waals surface area contributed by atoms with Gasteiger partial charge < -0.3 is 31.7 Å². The number of ether oxygens (including phenoxy) is 1. The van der Waals surface area contributed by atoms with Gasteiger partial charge in [0.1, 0.15) is 6.04 Å². The molecule has 14 nitrogen and oxygen atoms in total. The van der Waals surface area contributed by atoms with E-state index in [-0.39, 0.29) is 49.1 Å². The van der Waals surface area contributed by atoms with Crippen LogP contribution in [-0.4, -0.2) is 82.0 Å². The van der Waals surface area contributed by atoms with Crippen LogP contribution >= 0.6 is 11.8 Å². The predicted octanol–water partition coefficient (Wildman–Crippen LogP) is -0.0218. The number of carbonyl (C=O) groups is 6. The zero-order chi connectivity index (χ0) is 27.5. The van der Waals surface area contributed by atoms with Crippen molar-refractivity contribution >= 4 is 52.6 Å². The number of Topliss-reactive ketones (excluding diaryl/α,β-unsaturated/α-hetero) is 1. The summed E-state index contributed by atoms with van der Waals surface area (Å²) in [4.78, 5) is 73.3. The van der Waals surface area contributed by atoms with Crippen LogP contribution in [-0.2, 0) is 28.7 Å². The van der Waals surface area contributed by atoms with Gasteiger partial charge in [-0.3, -0.25) is 34.3 Å². The first-order valence-corrected chi connectivity index (χ1v) is 12.4. The Balaban J connectivity index is 4.49. The average Bonchev–Trinajstić information content (AvgIpc) is 2.80. The second-order valence-corrected chi connectivity index (χ2v) is 8.65. The lowest BCUT2D eigenvalue weighted by molar-refractivity contribution is -0.139. The number of guanidine groups is 1. The Kier molecular flexibility index (Phi) is 17.4. The molecule has 0 aromatic carbocycles. The van der Waals surface area contributed by atoms with E-state index in [9.17, 15) is 28.8 Å². The molecule has 0 spiro atoms. The van der Waals surface area contributed by atoms with Gasteiger partial charge in [0.25, 0.3) is 0 Å². The Bertz CT molecular complexity index is 807. The van der Waals surface area contributed by atoms with Gasteiger partial charge in [-0.25, -0.2) is 4.79 Å². The summed E-state index contributed by atoms with van der Waals surface area (Å²) >= 11 is 0.849. The normalized spacial score (nSPS) is 12.8. The third-order valence-electron chi connectivity index (χ3n) is 4.55. The Morgan fingerprint density at radius 1 is 1.00 bits per heavy atom. The summed E-state index contributed by atoms with van der Waals surface area (Å²) in [6, 6.07) is -2.32. The number of nitrogens with one attached hydrogen (secondary N) is 2. The van der Waals surface area contributed by atoms with Gasteiger partial charge in [-0.2, -0.15) is 0 Å². The molecule has 2 amide bonds. The summed E-state index contributed by atoms with van der Waals surface area (Å²) in [5.74, 6) is -3.74. The van der Waals surface area contributed by atoms with Crippen molar-refractivity contribution in [3.05, 3.63) is 0 Å². The first-order valence-electron chi connectivity index (χ1n) is 11.4. The van der Waals surface area contributed by atoms with E-state index in [0.717, 1.165) is 11.8 Å². The van der Waals surface area contributed by atoms with Crippen molar-refractivity contribution in [3.8, 4) is 0 Å². The summed E-state index contributed by atoms with van der Waals surface area (Å²) in [5, 5.41) is 22.1. The fourth-order valence-electron chi connectivity index (χ4n) is 2.61. The molecule has 8 N–H and O–H groups in total. The monoisotopic (exact) mass is 533 g/mol. The van der Waals surface area contributed by atoms with E-state index in [1.54, 1.807) is 6.92 Å². The van der Waals surface area contributed by atoms with E-state index in [0.29, 0.717) is 25.8 Å². The fraction of sp³-hybridized carbons (Fsp3) is 0.667. The number of carbonyl (C=O) groups excluding carboxylic acids is 4. The van der Waals surface area contributed by atoms with Gasteiger partial charge in [-0.15, -0.1) is 0 Å². The largest absolute Gasteiger partial charge is 0.481 e. The molecule has 0 aliphatic rings. The highest BCUT2D eigenvalue weighted by Crippen LogP contribution is 2.13. The number of hydrogen-bond acceptors (Lipinski definition) is 10. The van der Waals surface area contributed by atoms with Crippen LogP contribution in [0, 0.1) is 0 Å². The third-order valence-corrected chi connectivity index (χ3v) is 5.57. The third kappa shape index (κ3) is 17.3. The first kappa shape index (κ1) is 32.8. The molecule has 0 fully saturated rings. The topological polar surface area (TPSA) is 241 Å². The number of rotatable bonds is 18. The Morgan fingerprint density at radius 3 is 2.31 bits per heavy atom. The molecule has 0 bridgehead atoms. The van der Waals surface area contributed by atoms with E-state index in [2.05, 4.69) is 20.4 Å². The summed E-state index contributed by atoms with van der Waals surface area (Å²) < 4.78 is 4.67. The molecule has 0 heterocycles. The zero-order valence-electron chi connectivity index (χ0n) is 20.2. The second-order valence-electron chi connectivity index (χ2n) is 7.57. The molecule has 0 aromatic rings. The van der Waals surface area contributed by atoms with Gasteiger partial charge >= 0.3 is 18.0 Å². The van der Waals surface area contributed by atoms with Crippen molar-refractivity contribution in [2.45, 2.75) is 70.4 Å². The van der Waals surface area contributed by atoms with Crippen molar-refractivity contribution in [1.82, 2.24) is 10.6 Å². The second kappa shape index (κ2) is 19.0. The van der Waals surface area contributed by atoms with E-state index >= 15 is 0 Å². The number of aliphatic imine (C=N–C) groups is 1. The van der Waals surface area contributed by atoms with Gasteiger partial charge in [0.05, 0.1) is 19.1 Å². The highest BCUT2D eigenvalue weighted by molar-refractivity contribution is 8.13. The van der Waals surface area contributed by atoms with Crippen molar-refractivity contribution < 1.29 is 43.7 Å². The molecule has 0 aliphatic carbocycles. The predicted molar refractivity (Wildman–Crippen MR) is 131 cm³/mol. The lowest BCUT2D eigenvalue weighted by Crippen LogP contribution is -2.43. The van der Waals surface area contributed by atoms with Crippen LogP contribution in [0.3, 0.4) is 0 Å². The smallest absolute Gasteiger partial charge is 0.413 e. The number of ketones is 1. The fourth-order valence-corrected chi connectivity index (χ4v) is 3.52.